The minimum Gasteiger partial charge on any atom is -0.497 e. The van der Waals surface area contributed by atoms with Gasteiger partial charge in [0.1, 0.15) is 5.75 Å². The van der Waals surface area contributed by atoms with Crippen molar-refractivity contribution in [1.82, 2.24) is 0 Å². The molecule has 3 heteroatoms. The molecule has 0 unspecified atom stereocenters. The van der Waals surface area contributed by atoms with Crippen LogP contribution >= 0.6 is 0 Å². The first-order valence-corrected chi connectivity index (χ1v) is 7.85. The first kappa shape index (κ1) is 14.4. The van der Waals surface area contributed by atoms with Crippen LogP contribution < -0.4 is 4.74 Å². The SMILES string of the molecule is COc1ccc(COC[C@H]2C[C@](C#N)(CC3CC3)C2)cc1. The van der Waals surface area contributed by atoms with E-state index in [0.29, 0.717) is 12.5 Å². The lowest BCUT2D eigenvalue weighted by Crippen LogP contribution is -2.38. The zero-order valence-electron chi connectivity index (χ0n) is 12.7. The number of nitriles is 1. The van der Waals surface area contributed by atoms with Crippen LogP contribution in [0.3, 0.4) is 0 Å². The van der Waals surface area contributed by atoms with Crippen LogP contribution in [0.25, 0.3) is 0 Å². The summed E-state index contributed by atoms with van der Waals surface area (Å²) in [6, 6.07) is 10.5. The van der Waals surface area contributed by atoms with E-state index in [0.717, 1.165) is 37.5 Å². The molecule has 0 heterocycles. The molecule has 0 N–H and O–H groups in total. The molecule has 0 bridgehead atoms. The predicted octanol–water partition coefficient (Wildman–Crippen LogP) is 3.93. The summed E-state index contributed by atoms with van der Waals surface area (Å²) in [6.45, 7) is 1.42. The number of methoxy groups -OCH3 is 1. The van der Waals surface area contributed by atoms with Crippen molar-refractivity contribution in [3.63, 3.8) is 0 Å². The predicted molar refractivity (Wildman–Crippen MR) is 80.8 cm³/mol. The van der Waals surface area contributed by atoms with Crippen molar-refractivity contribution in [3.05, 3.63) is 29.8 Å². The van der Waals surface area contributed by atoms with Crippen LogP contribution in [0.4, 0.5) is 0 Å². The molecular weight excluding hydrogens is 262 g/mol. The minimum absolute atomic E-state index is 0.0185. The summed E-state index contributed by atoms with van der Waals surface area (Å²) in [4.78, 5) is 0. The number of hydrogen-bond acceptors (Lipinski definition) is 3. The normalized spacial score (nSPS) is 27.7. The van der Waals surface area contributed by atoms with Gasteiger partial charge in [0, 0.05) is 6.61 Å². The lowest BCUT2D eigenvalue weighted by Gasteiger charge is -2.42. The van der Waals surface area contributed by atoms with E-state index in [-0.39, 0.29) is 5.41 Å². The summed E-state index contributed by atoms with van der Waals surface area (Å²) in [5.41, 5.74) is 1.15. The maximum atomic E-state index is 9.38. The minimum atomic E-state index is -0.0185. The van der Waals surface area contributed by atoms with Gasteiger partial charge < -0.3 is 9.47 Å². The van der Waals surface area contributed by atoms with Crippen molar-refractivity contribution in [2.24, 2.45) is 17.3 Å². The van der Waals surface area contributed by atoms with Crippen molar-refractivity contribution in [2.45, 2.75) is 38.7 Å². The molecule has 1 aromatic carbocycles. The molecule has 0 amide bonds. The Labute approximate surface area is 126 Å². The van der Waals surface area contributed by atoms with Crippen LogP contribution in [0, 0.1) is 28.6 Å². The quantitative estimate of drug-likeness (QED) is 0.762. The van der Waals surface area contributed by atoms with Crippen molar-refractivity contribution < 1.29 is 9.47 Å². The molecule has 2 aliphatic carbocycles. The molecule has 0 radical (unpaired) electrons. The third-order valence-corrected chi connectivity index (χ3v) is 4.75. The van der Waals surface area contributed by atoms with Gasteiger partial charge in [-0.15, -0.1) is 0 Å². The van der Waals surface area contributed by atoms with E-state index in [1.807, 2.05) is 24.3 Å². The summed E-state index contributed by atoms with van der Waals surface area (Å²) in [7, 11) is 1.67. The van der Waals surface area contributed by atoms with Crippen LogP contribution in [0.2, 0.25) is 0 Å². The van der Waals surface area contributed by atoms with Gasteiger partial charge in [-0.3, -0.25) is 0 Å². The zero-order valence-corrected chi connectivity index (χ0v) is 12.7. The highest BCUT2D eigenvalue weighted by Gasteiger charge is 2.47. The Morgan fingerprint density at radius 1 is 1.19 bits per heavy atom. The van der Waals surface area contributed by atoms with Gasteiger partial charge in [0.2, 0.25) is 0 Å². The van der Waals surface area contributed by atoms with Gasteiger partial charge in [-0.2, -0.15) is 5.26 Å². The average molecular weight is 285 g/mol. The summed E-state index contributed by atoms with van der Waals surface area (Å²) in [5.74, 6) is 2.28. The largest absolute Gasteiger partial charge is 0.497 e. The molecule has 2 aliphatic rings. The molecule has 112 valence electrons. The van der Waals surface area contributed by atoms with Crippen molar-refractivity contribution in [3.8, 4) is 11.8 Å². The van der Waals surface area contributed by atoms with Crippen molar-refractivity contribution in [2.75, 3.05) is 13.7 Å². The van der Waals surface area contributed by atoms with Crippen LogP contribution in [-0.4, -0.2) is 13.7 Å². The van der Waals surface area contributed by atoms with E-state index >= 15 is 0 Å². The van der Waals surface area contributed by atoms with Gasteiger partial charge in [0.05, 0.1) is 25.2 Å². The fourth-order valence-electron chi connectivity index (χ4n) is 3.41. The molecule has 3 rings (SSSR count). The zero-order chi connectivity index (χ0) is 14.7. The average Bonchev–Trinajstić information content (AvgIpc) is 3.29. The molecule has 0 spiro atoms. The van der Waals surface area contributed by atoms with Gasteiger partial charge in [0.15, 0.2) is 0 Å². The molecular formula is C18H23NO2. The standard InChI is InChI=1S/C18H23NO2/c1-20-17-6-4-15(5-7-17)11-21-12-16-9-18(10-16,13-19)8-14-2-3-14/h4-7,14,16H,2-3,8-12H2,1H3/t16-,18+. The third-order valence-electron chi connectivity index (χ3n) is 4.75. The fourth-order valence-corrected chi connectivity index (χ4v) is 3.41. The smallest absolute Gasteiger partial charge is 0.118 e. The Kier molecular flexibility index (Phi) is 4.17. The lowest BCUT2D eigenvalue weighted by molar-refractivity contribution is 0.00340. The highest BCUT2D eigenvalue weighted by Crippen LogP contribution is 2.53. The Hall–Kier alpha value is -1.53. The Morgan fingerprint density at radius 3 is 2.48 bits per heavy atom. The molecule has 0 atom stereocenters. The Morgan fingerprint density at radius 2 is 1.90 bits per heavy atom. The van der Waals surface area contributed by atoms with Gasteiger partial charge in [0.25, 0.3) is 0 Å². The third kappa shape index (κ3) is 3.57. The molecule has 0 saturated heterocycles. The first-order valence-electron chi connectivity index (χ1n) is 7.85. The molecule has 21 heavy (non-hydrogen) atoms. The number of nitrogens with zero attached hydrogens (tertiary/aromatic N) is 1. The van der Waals surface area contributed by atoms with Gasteiger partial charge in [-0.05, 0) is 48.8 Å². The number of hydrogen-bond donors (Lipinski definition) is 0. The molecule has 1 aromatic rings. The van der Waals surface area contributed by atoms with Gasteiger partial charge in [-0.25, -0.2) is 0 Å². The van der Waals surface area contributed by atoms with Gasteiger partial charge >= 0.3 is 0 Å². The first-order chi connectivity index (χ1) is 10.2. The summed E-state index contributed by atoms with van der Waals surface area (Å²) in [5, 5.41) is 9.38. The Balaban J connectivity index is 1.37. The molecule has 0 aliphatic heterocycles. The van der Waals surface area contributed by atoms with Crippen LogP contribution in [0.5, 0.6) is 5.75 Å². The van der Waals surface area contributed by atoms with E-state index in [2.05, 4.69) is 6.07 Å². The van der Waals surface area contributed by atoms with E-state index in [1.54, 1.807) is 7.11 Å². The van der Waals surface area contributed by atoms with Crippen molar-refractivity contribution in [1.29, 1.82) is 5.26 Å². The van der Waals surface area contributed by atoms with Gasteiger partial charge in [-0.1, -0.05) is 25.0 Å². The molecule has 2 saturated carbocycles. The fraction of sp³-hybridized carbons (Fsp3) is 0.611. The number of rotatable bonds is 7. The summed E-state index contributed by atoms with van der Waals surface area (Å²) >= 11 is 0. The number of benzene rings is 1. The Bertz CT molecular complexity index is 507. The molecule has 3 nitrogen and oxygen atoms in total. The summed E-state index contributed by atoms with van der Waals surface area (Å²) in [6.07, 6.45) is 5.85. The number of ether oxygens (including phenoxy) is 2. The van der Waals surface area contributed by atoms with Crippen LogP contribution in [0.1, 0.15) is 37.7 Å². The monoisotopic (exact) mass is 285 g/mol. The highest BCUT2D eigenvalue weighted by atomic mass is 16.5. The second-order valence-electron chi connectivity index (χ2n) is 6.68. The highest BCUT2D eigenvalue weighted by molar-refractivity contribution is 5.26. The van der Waals surface area contributed by atoms with E-state index < -0.39 is 0 Å². The molecule has 2 fully saturated rings. The van der Waals surface area contributed by atoms with Crippen LogP contribution in [-0.2, 0) is 11.3 Å². The maximum absolute atomic E-state index is 9.38. The molecule has 0 aromatic heterocycles. The lowest BCUT2D eigenvalue weighted by atomic mass is 9.60. The van der Waals surface area contributed by atoms with E-state index in [4.69, 9.17) is 9.47 Å². The summed E-state index contributed by atoms with van der Waals surface area (Å²) < 4.78 is 10.9. The topological polar surface area (TPSA) is 42.2 Å². The van der Waals surface area contributed by atoms with E-state index in [9.17, 15) is 5.26 Å². The van der Waals surface area contributed by atoms with E-state index in [1.165, 1.54) is 18.4 Å². The second-order valence-corrected chi connectivity index (χ2v) is 6.68. The second kappa shape index (κ2) is 6.07. The maximum Gasteiger partial charge on any atom is 0.118 e. The van der Waals surface area contributed by atoms with Crippen molar-refractivity contribution >= 4 is 0 Å². The van der Waals surface area contributed by atoms with Crippen LogP contribution in [0.15, 0.2) is 24.3 Å².